The summed E-state index contributed by atoms with van der Waals surface area (Å²) in [5.41, 5.74) is 1.69. The molecule has 1 fully saturated rings. The maximum absolute atomic E-state index is 12.9. The largest absolute Gasteiger partial charge is 0.378 e. The van der Waals surface area contributed by atoms with Crippen LogP contribution in [-0.4, -0.2) is 32.2 Å². The SMILES string of the molecule is Cn1cc([C@H](O)C(=O)N2CCC[C@@H]2c2cccc3ccccc23)cn1. The minimum Gasteiger partial charge on any atom is -0.378 e. The fraction of sp³-hybridized carbons (Fsp3) is 0.300. The quantitative estimate of drug-likeness (QED) is 0.800. The maximum Gasteiger partial charge on any atom is 0.256 e. The molecule has 1 saturated heterocycles. The highest BCUT2D eigenvalue weighted by molar-refractivity contribution is 5.88. The Morgan fingerprint density at radius 1 is 1.24 bits per heavy atom. The Morgan fingerprint density at radius 2 is 2.04 bits per heavy atom. The van der Waals surface area contributed by atoms with Crippen LogP contribution in [-0.2, 0) is 11.8 Å². The van der Waals surface area contributed by atoms with Crippen LogP contribution in [0.25, 0.3) is 10.8 Å². The van der Waals surface area contributed by atoms with Crippen molar-refractivity contribution in [3.8, 4) is 0 Å². The number of amides is 1. The first-order valence-corrected chi connectivity index (χ1v) is 8.60. The molecule has 5 heteroatoms. The van der Waals surface area contributed by atoms with Gasteiger partial charge in [-0.1, -0.05) is 42.5 Å². The molecule has 1 aliphatic rings. The Bertz CT molecular complexity index is 913. The maximum atomic E-state index is 12.9. The highest BCUT2D eigenvalue weighted by Gasteiger charge is 2.34. The number of rotatable bonds is 3. The minimum atomic E-state index is -1.16. The van der Waals surface area contributed by atoms with E-state index in [0.717, 1.165) is 18.4 Å². The van der Waals surface area contributed by atoms with E-state index in [4.69, 9.17) is 0 Å². The number of aliphatic hydroxyl groups is 1. The van der Waals surface area contributed by atoms with Crippen molar-refractivity contribution in [3.05, 3.63) is 66.0 Å². The van der Waals surface area contributed by atoms with Gasteiger partial charge in [-0.2, -0.15) is 5.10 Å². The lowest BCUT2D eigenvalue weighted by Crippen LogP contribution is -2.34. The van der Waals surface area contributed by atoms with E-state index in [1.165, 1.54) is 10.8 Å². The molecule has 25 heavy (non-hydrogen) atoms. The summed E-state index contributed by atoms with van der Waals surface area (Å²) in [6, 6.07) is 14.5. The zero-order valence-corrected chi connectivity index (χ0v) is 14.2. The Hall–Kier alpha value is -2.66. The van der Waals surface area contributed by atoms with Crippen LogP contribution in [0.1, 0.15) is 36.1 Å². The topological polar surface area (TPSA) is 58.4 Å². The summed E-state index contributed by atoms with van der Waals surface area (Å²) in [5, 5.41) is 16.9. The van der Waals surface area contributed by atoms with Gasteiger partial charge in [0.15, 0.2) is 6.10 Å². The van der Waals surface area contributed by atoms with Crippen molar-refractivity contribution in [2.24, 2.45) is 7.05 Å². The molecule has 1 aliphatic heterocycles. The summed E-state index contributed by atoms with van der Waals surface area (Å²) in [6.07, 6.45) is 3.93. The first kappa shape index (κ1) is 15.8. The Morgan fingerprint density at radius 3 is 2.84 bits per heavy atom. The number of hydrogen-bond donors (Lipinski definition) is 1. The van der Waals surface area contributed by atoms with Crippen LogP contribution in [0.5, 0.6) is 0 Å². The van der Waals surface area contributed by atoms with Gasteiger partial charge in [0, 0.05) is 25.4 Å². The van der Waals surface area contributed by atoms with Gasteiger partial charge in [0.05, 0.1) is 12.2 Å². The van der Waals surface area contributed by atoms with Crippen molar-refractivity contribution in [1.82, 2.24) is 14.7 Å². The monoisotopic (exact) mass is 335 g/mol. The summed E-state index contributed by atoms with van der Waals surface area (Å²) in [6.45, 7) is 0.671. The third kappa shape index (κ3) is 2.81. The molecule has 2 atom stereocenters. The van der Waals surface area contributed by atoms with E-state index in [1.54, 1.807) is 24.1 Å². The molecule has 3 aromatic rings. The number of carbonyl (C=O) groups is 1. The predicted molar refractivity (Wildman–Crippen MR) is 95.8 cm³/mol. The van der Waals surface area contributed by atoms with Crippen LogP contribution in [0.4, 0.5) is 0 Å². The average Bonchev–Trinajstić information content (AvgIpc) is 3.29. The number of fused-ring (bicyclic) bond motifs is 1. The molecule has 0 saturated carbocycles. The summed E-state index contributed by atoms with van der Waals surface area (Å²) in [4.78, 5) is 14.7. The fourth-order valence-corrected chi connectivity index (χ4v) is 3.78. The molecule has 128 valence electrons. The van der Waals surface area contributed by atoms with Crippen LogP contribution >= 0.6 is 0 Å². The summed E-state index contributed by atoms with van der Waals surface area (Å²) in [5.74, 6) is -0.247. The van der Waals surface area contributed by atoms with Gasteiger partial charge in [-0.3, -0.25) is 9.48 Å². The molecule has 4 rings (SSSR count). The van der Waals surface area contributed by atoms with E-state index in [9.17, 15) is 9.90 Å². The smallest absolute Gasteiger partial charge is 0.256 e. The van der Waals surface area contributed by atoms with Crippen LogP contribution in [0.3, 0.4) is 0 Å². The Labute approximate surface area is 146 Å². The second-order valence-corrected chi connectivity index (χ2v) is 6.61. The first-order valence-electron chi connectivity index (χ1n) is 8.60. The van der Waals surface area contributed by atoms with E-state index < -0.39 is 6.10 Å². The number of carbonyl (C=O) groups excluding carboxylic acids is 1. The first-order chi connectivity index (χ1) is 12.1. The molecule has 0 bridgehead atoms. The second-order valence-electron chi connectivity index (χ2n) is 6.61. The third-order valence-electron chi connectivity index (χ3n) is 4.99. The van der Waals surface area contributed by atoms with Gasteiger partial charge in [-0.05, 0) is 29.2 Å². The number of likely N-dealkylation sites (tertiary alicyclic amines) is 1. The molecule has 0 spiro atoms. The van der Waals surface area contributed by atoms with Crippen molar-refractivity contribution in [2.45, 2.75) is 25.0 Å². The molecule has 0 unspecified atom stereocenters. The number of aromatic nitrogens is 2. The normalized spacial score (nSPS) is 18.6. The molecule has 2 heterocycles. The molecule has 1 aromatic heterocycles. The Kier molecular flexibility index (Phi) is 4.01. The molecule has 0 aliphatic carbocycles. The van der Waals surface area contributed by atoms with Crippen LogP contribution in [0.15, 0.2) is 54.9 Å². The number of aliphatic hydroxyl groups excluding tert-OH is 1. The molecule has 5 nitrogen and oxygen atoms in total. The standard InChI is InChI=1S/C20H21N3O2/c1-22-13-15(12-21-22)19(24)20(25)23-11-5-10-18(23)17-9-4-7-14-6-2-3-8-16(14)17/h2-4,6-9,12-13,18-19,24H,5,10-11H2,1H3/t18-,19+/m1/s1. The lowest BCUT2D eigenvalue weighted by Gasteiger charge is -2.28. The number of nitrogens with zero attached hydrogens (tertiary/aromatic N) is 3. The van der Waals surface area contributed by atoms with Crippen molar-refractivity contribution in [2.75, 3.05) is 6.54 Å². The lowest BCUT2D eigenvalue weighted by atomic mass is 9.97. The fourth-order valence-electron chi connectivity index (χ4n) is 3.78. The molecular formula is C20H21N3O2. The van der Waals surface area contributed by atoms with E-state index in [2.05, 4.69) is 29.4 Å². The average molecular weight is 335 g/mol. The third-order valence-corrected chi connectivity index (χ3v) is 4.99. The van der Waals surface area contributed by atoms with Crippen LogP contribution in [0, 0.1) is 0 Å². The predicted octanol–water partition coefficient (Wildman–Crippen LogP) is 2.97. The summed E-state index contributed by atoms with van der Waals surface area (Å²) in [7, 11) is 1.77. The van der Waals surface area contributed by atoms with Crippen molar-refractivity contribution >= 4 is 16.7 Å². The van der Waals surface area contributed by atoms with E-state index in [-0.39, 0.29) is 11.9 Å². The van der Waals surface area contributed by atoms with Gasteiger partial charge in [-0.15, -0.1) is 0 Å². The van der Waals surface area contributed by atoms with E-state index >= 15 is 0 Å². The molecule has 1 amide bonds. The van der Waals surface area contributed by atoms with Crippen LogP contribution in [0.2, 0.25) is 0 Å². The zero-order chi connectivity index (χ0) is 17.4. The molecule has 0 radical (unpaired) electrons. The van der Waals surface area contributed by atoms with Crippen LogP contribution < -0.4 is 0 Å². The minimum absolute atomic E-state index is 0.00456. The zero-order valence-electron chi connectivity index (χ0n) is 14.2. The van der Waals surface area contributed by atoms with Gasteiger partial charge in [-0.25, -0.2) is 0 Å². The van der Waals surface area contributed by atoms with Gasteiger partial charge in [0.1, 0.15) is 0 Å². The number of hydrogen-bond acceptors (Lipinski definition) is 3. The van der Waals surface area contributed by atoms with Gasteiger partial charge in [0.25, 0.3) is 5.91 Å². The Balaban J connectivity index is 1.67. The van der Waals surface area contributed by atoms with Crippen molar-refractivity contribution < 1.29 is 9.90 Å². The highest BCUT2D eigenvalue weighted by Crippen LogP contribution is 2.37. The molecule has 2 aromatic carbocycles. The van der Waals surface area contributed by atoms with E-state index in [0.29, 0.717) is 12.1 Å². The molecular weight excluding hydrogens is 314 g/mol. The summed E-state index contributed by atoms with van der Waals surface area (Å²) >= 11 is 0. The van der Waals surface area contributed by atoms with Crippen molar-refractivity contribution in [3.63, 3.8) is 0 Å². The summed E-state index contributed by atoms with van der Waals surface area (Å²) < 4.78 is 1.60. The van der Waals surface area contributed by atoms with Gasteiger partial charge >= 0.3 is 0 Å². The molecule has 1 N–H and O–H groups in total. The lowest BCUT2D eigenvalue weighted by molar-refractivity contribution is -0.141. The van der Waals surface area contributed by atoms with Crippen molar-refractivity contribution in [1.29, 1.82) is 0 Å². The van der Waals surface area contributed by atoms with Gasteiger partial charge in [0.2, 0.25) is 0 Å². The van der Waals surface area contributed by atoms with E-state index in [1.807, 2.05) is 23.1 Å². The highest BCUT2D eigenvalue weighted by atomic mass is 16.3. The number of aryl methyl sites for hydroxylation is 1. The second kappa shape index (κ2) is 6.33. The number of benzene rings is 2. The van der Waals surface area contributed by atoms with Gasteiger partial charge < -0.3 is 10.0 Å².